The average Bonchev–Trinajstić information content (AvgIpc) is 3.15. The fourth-order valence-corrected chi connectivity index (χ4v) is 4.67. The minimum Gasteiger partial charge on any atom is -0.457 e. The van der Waals surface area contributed by atoms with Crippen molar-refractivity contribution in [2.45, 2.75) is 31.2 Å². The standard InChI is InChI=1S/C18H20NO4S/c1-3-10-23-18(22)15-13(9-8-12-6-4-5-7-12)24-17-14(11(2)20)16(21)19(15)17/h3-7,11,14,17,20H,1,8-10H2,2H3/t11-,14+,17-/m1/s1. The molecule has 5 nitrogen and oxygen atoms in total. The molecular weight excluding hydrogens is 326 g/mol. The first-order chi connectivity index (χ1) is 11.5. The summed E-state index contributed by atoms with van der Waals surface area (Å²) in [5, 5.41) is 9.60. The Labute approximate surface area is 147 Å². The Balaban J connectivity index is 1.75. The molecule has 24 heavy (non-hydrogen) atoms. The summed E-state index contributed by atoms with van der Waals surface area (Å²) in [5.41, 5.74) is 0.334. The number of β-lactam (4-membered cyclic amide) rings is 1. The van der Waals surface area contributed by atoms with E-state index < -0.39 is 18.0 Å². The molecule has 0 aromatic carbocycles. The average molecular weight is 346 g/mol. The van der Waals surface area contributed by atoms with Crippen LogP contribution in [0.3, 0.4) is 0 Å². The number of amides is 1. The number of ether oxygens (including phenoxy) is 1. The Kier molecular flexibility index (Phi) is 5.35. The molecule has 1 saturated heterocycles. The number of hydrogen-bond donors (Lipinski definition) is 1. The summed E-state index contributed by atoms with van der Waals surface area (Å²) in [6.45, 7) is 5.25. The van der Waals surface area contributed by atoms with Crippen molar-refractivity contribution < 1.29 is 19.4 Å². The predicted octanol–water partition coefficient (Wildman–Crippen LogP) is 2.02. The number of aliphatic hydroxyl groups excluding tert-OH is 1. The Morgan fingerprint density at radius 2 is 2.17 bits per heavy atom. The molecule has 2 aliphatic heterocycles. The van der Waals surface area contributed by atoms with Gasteiger partial charge in [-0.25, -0.2) is 4.79 Å². The zero-order chi connectivity index (χ0) is 17.3. The van der Waals surface area contributed by atoms with Gasteiger partial charge >= 0.3 is 5.97 Å². The van der Waals surface area contributed by atoms with Gasteiger partial charge in [0.1, 0.15) is 17.7 Å². The highest BCUT2D eigenvalue weighted by atomic mass is 32.2. The summed E-state index contributed by atoms with van der Waals surface area (Å²) in [6, 6.07) is 0. The molecule has 3 rings (SSSR count). The Morgan fingerprint density at radius 3 is 2.79 bits per heavy atom. The number of thioether (sulfide) groups is 1. The lowest BCUT2D eigenvalue weighted by Crippen LogP contribution is -2.60. The van der Waals surface area contributed by atoms with Gasteiger partial charge in [0.25, 0.3) is 0 Å². The number of carbonyl (C=O) groups excluding carboxylic acids is 2. The van der Waals surface area contributed by atoms with Crippen molar-refractivity contribution in [2.75, 3.05) is 6.61 Å². The van der Waals surface area contributed by atoms with Crippen molar-refractivity contribution in [3.8, 4) is 0 Å². The van der Waals surface area contributed by atoms with Crippen LogP contribution in [0.5, 0.6) is 0 Å². The molecule has 1 amide bonds. The lowest BCUT2D eigenvalue weighted by Gasteiger charge is -2.43. The number of hydrogen-bond acceptors (Lipinski definition) is 5. The summed E-state index contributed by atoms with van der Waals surface area (Å²) >= 11 is 1.49. The monoisotopic (exact) mass is 346 g/mol. The van der Waals surface area contributed by atoms with Crippen LogP contribution in [0.1, 0.15) is 19.8 Å². The number of allylic oxidation sites excluding steroid dienone is 1. The van der Waals surface area contributed by atoms with E-state index in [-0.39, 0.29) is 17.9 Å². The Hall–Kier alpha value is -1.27. The first-order valence-corrected chi connectivity index (χ1v) is 8.82. The molecule has 5 radical (unpaired) electrons. The molecule has 0 spiro atoms. The highest BCUT2D eigenvalue weighted by molar-refractivity contribution is 8.04. The summed E-state index contributed by atoms with van der Waals surface area (Å²) in [6.07, 6.45) is 10.3. The maximum Gasteiger partial charge on any atom is 0.356 e. The van der Waals surface area contributed by atoms with E-state index in [9.17, 15) is 14.7 Å². The third-order valence-electron chi connectivity index (χ3n) is 4.27. The predicted molar refractivity (Wildman–Crippen MR) is 91.3 cm³/mol. The van der Waals surface area contributed by atoms with E-state index in [1.165, 1.54) is 28.7 Å². The van der Waals surface area contributed by atoms with Gasteiger partial charge in [-0.3, -0.25) is 9.69 Å². The SMILES string of the molecule is C=CCOC(=O)C1=C(CC[C]2[CH][CH][CH][CH]2)S[C@@H]2[C@@H]([C@@H](C)O)C(=O)N12. The third kappa shape index (κ3) is 3.14. The van der Waals surface area contributed by atoms with Gasteiger partial charge in [0.15, 0.2) is 0 Å². The Morgan fingerprint density at radius 1 is 1.46 bits per heavy atom. The van der Waals surface area contributed by atoms with Crippen LogP contribution in [0.4, 0.5) is 0 Å². The van der Waals surface area contributed by atoms with E-state index in [0.29, 0.717) is 12.1 Å². The second-order valence-electron chi connectivity index (χ2n) is 5.94. The Bertz CT molecular complexity index is 565. The molecule has 3 aliphatic rings. The first kappa shape index (κ1) is 17.5. The number of nitrogens with zero attached hydrogens (tertiary/aromatic N) is 1. The van der Waals surface area contributed by atoms with Crippen molar-refractivity contribution in [3.63, 3.8) is 0 Å². The molecule has 3 atom stereocenters. The maximum absolute atomic E-state index is 12.4. The molecule has 0 aromatic rings. The van der Waals surface area contributed by atoms with E-state index in [0.717, 1.165) is 11.3 Å². The molecule has 2 fully saturated rings. The zero-order valence-electron chi connectivity index (χ0n) is 13.5. The third-order valence-corrected chi connectivity index (χ3v) is 5.70. The summed E-state index contributed by atoms with van der Waals surface area (Å²) < 4.78 is 5.15. The van der Waals surface area contributed by atoms with Crippen LogP contribution in [0.15, 0.2) is 23.3 Å². The number of carbonyl (C=O) groups is 2. The molecule has 6 heteroatoms. The van der Waals surface area contributed by atoms with Crippen LogP contribution in [-0.2, 0) is 14.3 Å². The van der Waals surface area contributed by atoms with Crippen LogP contribution in [-0.4, -0.2) is 40.0 Å². The van der Waals surface area contributed by atoms with Gasteiger partial charge in [-0.1, -0.05) is 12.7 Å². The van der Waals surface area contributed by atoms with E-state index in [2.05, 4.69) is 6.58 Å². The highest BCUT2D eigenvalue weighted by Crippen LogP contribution is 2.52. The fourth-order valence-electron chi connectivity index (χ4n) is 3.06. The largest absolute Gasteiger partial charge is 0.457 e. The fraction of sp³-hybridized carbons (Fsp3) is 0.389. The van der Waals surface area contributed by atoms with Crippen molar-refractivity contribution in [1.82, 2.24) is 4.90 Å². The van der Waals surface area contributed by atoms with E-state index in [1.807, 2.05) is 25.7 Å². The van der Waals surface area contributed by atoms with Crippen molar-refractivity contribution >= 4 is 23.6 Å². The summed E-state index contributed by atoms with van der Waals surface area (Å²) in [5.74, 6) is 0.0133. The van der Waals surface area contributed by atoms with E-state index in [1.54, 1.807) is 6.92 Å². The van der Waals surface area contributed by atoms with Crippen molar-refractivity contribution in [1.29, 1.82) is 0 Å². The smallest absolute Gasteiger partial charge is 0.356 e. The van der Waals surface area contributed by atoms with Crippen molar-refractivity contribution in [2.24, 2.45) is 5.92 Å². The zero-order valence-corrected chi connectivity index (χ0v) is 14.3. The second kappa shape index (κ2) is 7.31. The van der Waals surface area contributed by atoms with Gasteiger partial charge in [-0.15, -0.1) is 11.8 Å². The molecule has 1 saturated carbocycles. The molecule has 1 aliphatic carbocycles. The van der Waals surface area contributed by atoms with Crippen LogP contribution < -0.4 is 0 Å². The molecule has 127 valence electrons. The van der Waals surface area contributed by atoms with Crippen LogP contribution in [0.25, 0.3) is 0 Å². The van der Waals surface area contributed by atoms with Gasteiger partial charge in [0.05, 0.1) is 12.0 Å². The van der Waals surface area contributed by atoms with E-state index in [4.69, 9.17) is 4.74 Å². The molecule has 0 unspecified atom stereocenters. The van der Waals surface area contributed by atoms with Gasteiger partial charge < -0.3 is 9.84 Å². The van der Waals surface area contributed by atoms with Gasteiger partial charge in [0, 0.05) is 4.91 Å². The molecule has 1 N–H and O–H groups in total. The van der Waals surface area contributed by atoms with Gasteiger partial charge in [0.2, 0.25) is 5.91 Å². The summed E-state index contributed by atoms with van der Waals surface area (Å²) in [7, 11) is 0. The quantitative estimate of drug-likeness (QED) is 0.434. The first-order valence-electron chi connectivity index (χ1n) is 7.94. The van der Waals surface area contributed by atoms with Crippen LogP contribution >= 0.6 is 11.8 Å². The lowest BCUT2D eigenvalue weighted by atomic mass is 9.92. The number of fused-ring (bicyclic) bond motifs is 1. The molecule has 0 aromatic heterocycles. The van der Waals surface area contributed by atoms with Gasteiger partial charge in [-0.2, -0.15) is 0 Å². The van der Waals surface area contributed by atoms with E-state index >= 15 is 0 Å². The normalized spacial score (nSPS) is 27.9. The number of esters is 1. The lowest BCUT2D eigenvalue weighted by molar-refractivity contribution is -0.157. The van der Waals surface area contributed by atoms with Crippen molar-refractivity contribution in [3.05, 3.63) is 54.9 Å². The topological polar surface area (TPSA) is 66.8 Å². The minimum absolute atomic E-state index is 0.107. The molecule has 2 heterocycles. The maximum atomic E-state index is 12.4. The number of rotatable bonds is 7. The minimum atomic E-state index is -0.730. The highest BCUT2D eigenvalue weighted by Gasteiger charge is 2.57. The summed E-state index contributed by atoms with van der Waals surface area (Å²) in [4.78, 5) is 27.1. The number of aliphatic hydroxyl groups is 1. The molecular formula is C18H20NO4S. The second-order valence-corrected chi connectivity index (χ2v) is 7.15. The van der Waals surface area contributed by atoms with Crippen LogP contribution in [0, 0.1) is 37.5 Å². The van der Waals surface area contributed by atoms with Gasteiger partial charge in [-0.05, 0) is 51.4 Å². The van der Waals surface area contributed by atoms with Crippen LogP contribution in [0.2, 0.25) is 0 Å². The molecule has 0 bridgehead atoms.